The lowest BCUT2D eigenvalue weighted by atomic mass is 9.84. The monoisotopic (exact) mass is 441 g/mol. The molecule has 0 aliphatic heterocycles. The first kappa shape index (κ1) is 21.7. The topological polar surface area (TPSA) is 98.8 Å². The Morgan fingerprint density at radius 2 is 1.48 bits per heavy atom. The number of ether oxygens (including phenoxy) is 2. The second-order valence-corrected chi connectivity index (χ2v) is 7.23. The summed E-state index contributed by atoms with van der Waals surface area (Å²) >= 11 is 0. The fourth-order valence-electron chi connectivity index (χ4n) is 3.44. The number of hydrogen-bond donors (Lipinski definition) is 1. The summed E-state index contributed by atoms with van der Waals surface area (Å²) in [6.07, 6.45) is 2.78. The lowest BCUT2D eigenvalue weighted by Gasteiger charge is -2.18. The largest absolute Gasteiger partial charge is 0.497 e. The van der Waals surface area contributed by atoms with Gasteiger partial charge < -0.3 is 14.8 Å². The number of carbonyl (C=O) groups excluding carboxylic acids is 4. The van der Waals surface area contributed by atoms with Crippen LogP contribution in [0.5, 0.6) is 5.75 Å². The second-order valence-electron chi connectivity index (χ2n) is 7.23. The summed E-state index contributed by atoms with van der Waals surface area (Å²) in [6.45, 7) is -0.501. The first-order valence-corrected chi connectivity index (χ1v) is 10.1. The second kappa shape index (κ2) is 9.32. The Kier molecular flexibility index (Phi) is 6.13. The Bertz CT molecular complexity index is 1290. The molecule has 1 amide bonds. The van der Waals surface area contributed by atoms with Gasteiger partial charge in [-0.3, -0.25) is 14.4 Å². The summed E-state index contributed by atoms with van der Waals surface area (Å²) in [7, 11) is 1.56. The van der Waals surface area contributed by atoms with E-state index in [1.165, 1.54) is 24.3 Å². The number of benzene rings is 3. The number of carbonyl (C=O) groups is 4. The normalized spacial score (nSPS) is 12.2. The van der Waals surface area contributed by atoms with Gasteiger partial charge in [0.05, 0.1) is 7.11 Å². The van der Waals surface area contributed by atoms with E-state index in [1.54, 1.807) is 61.7 Å². The third-order valence-corrected chi connectivity index (χ3v) is 5.08. The molecule has 7 heteroatoms. The molecule has 4 rings (SSSR count). The lowest BCUT2D eigenvalue weighted by molar-refractivity contribution is -0.142. The summed E-state index contributed by atoms with van der Waals surface area (Å²) in [5.74, 6) is -1.08. The molecule has 0 saturated heterocycles. The number of fused-ring (bicyclic) bond motifs is 2. The predicted molar refractivity (Wildman–Crippen MR) is 121 cm³/mol. The van der Waals surface area contributed by atoms with E-state index in [0.29, 0.717) is 22.6 Å². The number of hydrogen-bond acceptors (Lipinski definition) is 6. The lowest BCUT2D eigenvalue weighted by Crippen LogP contribution is -2.23. The maximum Gasteiger partial charge on any atom is 0.331 e. The molecule has 1 N–H and O–H groups in total. The molecule has 3 aromatic rings. The van der Waals surface area contributed by atoms with Gasteiger partial charge in [-0.2, -0.15) is 0 Å². The number of esters is 1. The van der Waals surface area contributed by atoms with E-state index < -0.39 is 18.5 Å². The van der Waals surface area contributed by atoms with E-state index in [2.05, 4.69) is 5.32 Å². The van der Waals surface area contributed by atoms with E-state index >= 15 is 0 Å². The first-order chi connectivity index (χ1) is 16.0. The molecule has 0 atom stereocenters. The van der Waals surface area contributed by atoms with Gasteiger partial charge in [-0.1, -0.05) is 36.4 Å². The highest BCUT2D eigenvalue weighted by atomic mass is 16.5. The standard InChI is InChI=1S/C26H19NO6/c1-32-18-10-6-16(7-11-18)8-13-24(29)33-15-23(28)27-17-9-12-21-22(14-17)26(31)20-5-3-2-4-19(20)25(21)30/h2-14H,15H2,1H3,(H,27,28). The van der Waals surface area contributed by atoms with Crippen molar-refractivity contribution in [3.05, 3.63) is 101 Å². The first-order valence-electron chi connectivity index (χ1n) is 10.1. The van der Waals surface area contributed by atoms with Gasteiger partial charge in [0, 0.05) is 34.0 Å². The quantitative estimate of drug-likeness (QED) is 0.362. The predicted octanol–water partition coefficient (Wildman–Crippen LogP) is 3.67. The van der Waals surface area contributed by atoms with E-state index in [0.717, 1.165) is 5.56 Å². The molecule has 0 fully saturated rings. The minimum atomic E-state index is -0.677. The zero-order valence-corrected chi connectivity index (χ0v) is 17.7. The fourth-order valence-corrected chi connectivity index (χ4v) is 3.44. The molecule has 1 aliphatic carbocycles. The number of nitrogens with one attached hydrogen (secondary N) is 1. The van der Waals surface area contributed by atoms with Crippen LogP contribution in [0.4, 0.5) is 5.69 Å². The molecule has 0 bridgehead atoms. The molecule has 0 radical (unpaired) electrons. The molecule has 0 spiro atoms. The van der Waals surface area contributed by atoms with Gasteiger partial charge in [-0.05, 0) is 42.0 Å². The highest BCUT2D eigenvalue weighted by molar-refractivity contribution is 6.28. The average molecular weight is 441 g/mol. The van der Waals surface area contributed by atoms with E-state index in [4.69, 9.17) is 9.47 Å². The van der Waals surface area contributed by atoms with Crippen LogP contribution < -0.4 is 10.1 Å². The zero-order valence-electron chi connectivity index (χ0n) is 17.7. The molecular formula is C26H19NO6. The van der Waals surface area contributed by atoms with Crippen molar-refractivity contribution >= 4 is 35.2 Å². The van der Waals surface area contributed by atoms with Crippen molar-refractivity contribution in [2.45, 2.75) is 0 Å². The van der Waals surface area contributed by atoms with Crippen LogP contribution >= 0.6 is 0 Å². The van der Waals surface area contributed by atoms with Crippen LogP contribution in [0.25, 0.3) is 6.08 Å². The van der Waals surface area contributed by atoms with Crippen LogP contribution in [0.2, 0.25) is 0 Å². The Morgan fingerprint density at radius 3 is 2.15 bits per heavy atom. The van der Waals surface area contributed by atoms with Crippen molar-refractivity contribution in [2.75, 3.05) is 19.0 Å². The third kappa shape index (κ3) is 4.72. The Labute approximate surface area is 189 Å². The van der Waals surface area contributed by atoms with Crippen LogP contribution in [0.15, 0.2) is 72.8 Å². The number of ketones is 2. The third-order valence-electron chi connectivity index (χ3n) is 5.08. The maximum absolute atomic E-state index is 12.8. The zero-order chi connectivity index (χ0) is 23.4. The van der Waals surface area contributed by atoms with Crippen molar-refractivity contribution in [3.63, 3.8) is 0 Å². The van der Waals surface area contributed by atoms with Gasteiger partial charge in [-0.15, -0.1) is 0 Å². The molecule has 3 aromatic carbocycles. The number of methoxy groups -OCH3 is 1. The number of amides is 1. The van der Waals surface area contributed by atoms with E-state index in [9.17, 15) is 19.2 Å². The van der Waals surface area contributed by atoms with E-state index in [1.807, 2.05) is 0 Å². The SMILES string of the molecule is COc1ccc(C=CC(=O)OCC(=O)Nc2ccc3c(c2)C(=O)c2ccccc2C3=O)cc1. The van der Waals surface area contributed by atoms with Crippen LogP contribution in [0, 0.1) is 0 Å². The van der Waals surface area contributed by atoms with Gasteiger partial charge in [0.25, 0.3) is 5.91 Å². The summed E-state index contributed by atoms with van der Waals surface area (Å²) in [5, 5.41) is 2.58. The fraction of sp³-hybridized carbons (Fsp3) is 0.0769. The van der Waals surface area contributed by atoms with Crippen LogP contribution in [0.3, 0.4) is 0 Å². The molecule has 7 nitrogen and oxygen atoms in total. The molecule has 1 aliphatic rings. The molecule has 0 heterocycles. The highest BCUT2D eigenvalue weighted by Crippen LogP contribution is 2.29. The average Bonchev–Trinajstić information content (AvgIpc) is 2.85. The maximum atomic E-state index is 12.8. The van der Waals surface area contributed by atoms with Crippen LogP contribution in [-0.4, -0.2) is 37.2 Å². The minimum Gasteiger partial charge on any atom is -0.497 e. The van der Waals surface area contributed by atoms with Crippen LogP contribution in [0.1, 0.15) is 37.4 Å². The smallest absolute Gasteiger partial charge is 0.331 e. The summed E-state index contributed by atoms with van der Waals surface area (Å²) in [6, 6.07) is 18.2. The van der Waals surface area contributed by atoms with Crippen molar-refractivity contribution < 1.29 is 28.7 Å². The van der Waals surface area contributed by atoms with Crippen molar-refractivity contribution in [1.29, 1.82) is 0 Å². The Balaban J connectivity index is 1.36. The number of rotatable bonds is 6. The van der Waals surface area contributed by atoms with Crippen molar-refractivity contribution in [3.8, 4) is 5.75 Å². The van der Waals surface area contributed by atoms with Gasteiger partial charge in [0.15, 0.2) is 18.2 Å². The molecular weight excluding hydrogens is 422 g/mol. The molecule has 164 valence electrons. The van der Waals surface area contributed by atoms with Gasteiger partial charge in [-0.25, -0.2) is 4.79 Å². The van der Waals surface area contributed by atoms with Crippen molar-refractivity contribution in [1.82, 2.24) is 0 Å². The van der Waals surface area contributed by atoms with Gasteiger partial charge in [0.2, 0.25) is 0 Å². The molecule has 33 heavy (non-hydrogen) atoms. The molecule has 0 saturated carbocycles. The summed E-state index contributed by atoms with van der Waals surface area (Å²) < 4.78 is 10.0. The summed E-state index contributed by atoms with van der Waals surface area (Å²) in [5.41, 5.74) is 2.29. The van der Waals surface area contributed by atoms with Gasteiger partial charge in [0.1, 0.15) is 5.75 Å². The van der Waals surface area contributed by atoms with Crippen LogP contribution in [-0.2, 0) is 14.3 Å². The Morgan fingerprint density at radius 1 is 0.848 bits per heavy atom. The molecule has 0 unspecified atom stereocenters. The highest BCUT2D eigenvalue weighted by Gasteiger charge is 2.29. The molecule has 0 aromatic heterocycles. The summed E-state index contributed by atoms with van der Waals surface area (Å²) in [4.78, 5) is 49.5. The minimum absolute atomic E-state index is 0.218. The van der Waals surface area contributed by atoms with Crippen molar-refractivity contribution in [2.24, 2.45) is 0 Å². The Hall–Kier alpha value is -4.52. The van der Waals surface area contributed by atoms with E-state index in [-0.39, 0.29) is 22.7 Å². The van der Waals surface area contributed by atoms with Gasteiger partial charge >= 0.3 is 5.97 Å². The number of anilines is 1.